The lowest BCUT2D eigenvalue weighted by atomic mass is 10.0. The molecular formula is C13H14F3N3O. The van der Waals surface area contributed by atoms with Crippen molar-refractivity contribution in [2.24, 2.45) is 0 Å². The van der Waals surface area contributed by atoms with Crippen molar-refractivity contribution in [2.75, 3.05) is 0 Å². The number of benzene rings is 1. The zero-order valence-corrected chi connectivity index (χ0v) is 11.0. The molecule has 2 rings (SSSR count). The predicted molar refractivity (Wildman–Crippen MR) is 66.4 cm³/mol. The van der Waals surface area contributed by atoms with Crippen LogP contribution in [-0.2, 0) is 12.6 Å². The SMILES string of the molecule is CC(C)(O)Cc1cnnn1-c1ccc(C(F)(F)F)cc1. The maximum absolute atomic E-state index is 12.5. The molecule has 108 valence electrons. The molecule has 7 heteroatoms. The quantitative estimate of drug-likeness (QED) is 0.943. The highest BCUT2D eigenvalue weighted by atomic mass is 19.4. The minimum atomic E-state index is -4.36. The summed E-state index contributed by atoms with van der Waals surface area (Å²) in [4.78, 5) is 0. The average molecular weight is 285 g/mol. The molecule has 0 bridgehead atoms. The van der Waals surface area contributed by atoms with Crippen molar-refractivity contribution in [1.82, 2.24) is 15.0 Å². The van der Waals surface area contributed by atoms with Crippen LogP contribution in [-0.4, -0.2) is 25.7 Å². The fraction of sp³-hybridized carbons (Fsp3) is 0.385. The minimum Gasteiger partial charge on any atom is -0.390 e. The summed E-state index contributed by atoms with van der Waals surface area (Å²) in [7, 11) is 0. The molecule has 20 heavy (non-hydrogen) atoms. The van der Waals surface area contributed by atoms with Gasteiger partial charge in [0.05, 0.1) is 28.7 Å². The van der Waals surface area contributed by atoms with Gasteiger partial charge in [-0.3, -0.25) is 0 Å². The molecule has 0 spiro atoms. The number of hydrogen-bond donors (Lipinski definition) is 1. The molecule has 4 nitrogen and oxygen atoms in total. The Hall–Kier alpha value is -1.89. The van der Waals surface area contributed by atoms with Crippen molar-refractivity contribution in [3.63, 3.8) is 0 Å². The van der Waals surface area contributed by atoms with E-state index in [9.17, 15) is 18.3 Å². The van der Waals surface area contributed by atoms with Crippen LogP contribution in [0.2, 0.25) is 0 Å². The van der Waals surface area contributed by atoms with Crippen LogP contribution in [0.4, 0.5) is 13.2 Å². The molecule has 1 aromatic carbocycles. The Morgan fingerprint density at radius 2 is 1.75 bits per heavy atom. The van der Waals surface area contributed by atoms with E-state index in [0.717, 1.165) is 12.1 Å². The van der Waals surface area contributed by atoms with Gasteiger partial charge in [-0.05, 0) is 38.1 Å². The fourth-order valence-corrected chi connectivity index (χ4v) is 1.83. The second kappa shape index (κ2) is 4.90. The largest absolute Gasteiger partial charge is 0.416 e. The summed E-state index contributed by atoms with van der Waals surface area (Å²) < 4.78 is 38.9. The van der Waals surface area contributed by atoms with Crippen molar-refractivity contribution in [2.45, 2.75) is 32.0 Å². The van der Waals surface area contributed by atoms with E-state index in [1.165, 1.54) is 23.0 Å². The van der Waals surface area contributed by atoms with Crippen LogP contribution < -0.4 is 0 Å². The molecule has 0 saturated carbocycles. The molecule has 1 heterocycles. The maximum Gasteiger partial charge on any atom is 0.416 e. The van der Waals surface area contributed by atoms with E-state index in [1.54, 1.807) is 13.8 Å². The molecule has 0 saturated heterocycles. The predicted octanol–water partition coefficient (Wildman–Crippen LogP) is 2.60. The van der Waals surface area contributed by atoms with Crippen LogP contribution in [0.25, 0.3) is 5.69 Å². The van der Waals surface area contributed by atoms with Crippen molar-refractivity contribution in [1.29, 1.82) is 0 Å². The Bertz CT molecular complexity index is 582. The molecule has 0 aliphatic heterocycles. The normalized spacial score (nSPS) is 12.7. The van der Waals surface area contributed by atoms with Gasteiger partial charge in [-0.15, -0.1) is 5.10 Å². The first-order valence-corrected chi connectivity index (χ1v) is 5.96. The van der Waals surface area contributed by atoms with Crippen molar-refractivity contribution >= 4 is 0 Å². The third-order valence-electron chi connectivity index (χ3n) is 2.67. The van der Waals surface area contributed by atoms with Gasteiger partial charge in [-0.1, -0.05) is 5.21 Å². The van der Waals surface area contributed by atoms with Gasteiger partial charge in [0, 0.05) is 6.42 Å². The van der Waals surface area contributed by atoms with Crippen LogP contribution in [0.5, 0.6) is 0 Å². The smallest absolute Gasteiger partial charge is 0.390 e. The van der Waals surface area contributed by atoms with Crippen molar-refractivity contribution in [3.05, 3.63) is 41.7 Å². The van der Waals surface area contributed by atoms with Crippen LogP contribution in [0, 0.1) is 0 Å². The van der Waals surface area contributed by atoms with E-state index in [2.05, 4.69) is 10.3 Å². The van der Waals surface area contributed by atoms with Crippen LogP contribution in [0.1, 0.15) is 25.1 Å². The van der Waals surface area contributed by atoms with Crippen molar-refractivity contribution < 1.29 is 18.3 Å². The fourth-order valence-electron chi connectivity index (χ4n) is 1.83. The van der Waals surface area contributed by atoms with Gasteiger partial charge < -0.3 is 5.11 Å². The summed E-state index contributed by atoms with van der Waals surface area (Å²) in [5.41, 5.74) is -0.580. The van der Waals surface area contributed by atoms with Crippen LogP contribution >= 0.6 is 0 Å². The molecule has 0 unspecified atom stereocenters. The zero-order valence-electron chi connectivity index (χ0n) is 11.0. The molecular weight excluding hydrogens is 271 g/mol. The van der Waals surface area contributed by atoms with Gasteiger partial charge in [-0.25, -0.2) is 4.68 Å². The number of aromatic nitrogens is 3. The molecule has 0 aliphatic rings. The number of aliphatic hydroxyl groups is 1. The maximum atomic E-state index is 12.5. The Kier molecular flexibility index (Phi) is 3.56. The molecule has 0 amide bonds. The second-order valence-electron chi connectivity index (χ2n) is 5.17. The highest BCUT2D eigenvalue weighted by molar-refractivity contribution is 5.36. The summed E-state index contributed by atoms with van der Waals surface area (Å²) in [5.74, 6) is 0. The molecule has 1 N–H and O–H groups in total. The molecule has 0 atom stereocenters. The van der Waals surface area contributed by atoms with E-state index in [4.69, 9.17) is 0 Å². The standard InChI is InChI=1S/C13H14F3N3O/c1-12(2,20)7-11-8-17-18-19(11)10-5-3-9(4-6-10)13(14,15)16/h3-6,8,20H,7H2,1-2H3. The first-order valence-electron chi connectivity index (χ1n) is 5.96. The third-order valence-corrected chi connectivity index (χ3v) is 2.67. The lowest BCUT2D eigenvalue weighted by Gasteiger charge is -2.17. The summed E-state index contributed by atoms with van der Waals surface area (Å²) >= 11 is 0. The van der Waals surface area contributed by atoms with E-state index in [-0.39, 0.29) is 0 Å². The minimum absolute atomic E-state index is 0.293. The zero-order chi connectivity index (χ0) is 15.0. The van der Waals surface area contributed by atoms with Crippen LogP contribution in [0.15, 0.2) is 30.5 Å². The van der Waals surface area contributed by atoms with Crippen LogP contribution in [0.3, 0.4) is 0 Å². The average Bonchev–Trinajstić information content (AvgIpc) is 2.73. The molecule has 0 radical (unpaired) electrons. The van der Waals surface area contributed by atoms with Gasteiger partial charge in [0.1, 0.15) is 0 Å². The number of rotatable bonds is 3. The molecule has 2 aromatic rings. The van der Waals surface area contributed by atoms with E-state index >= 15 is 0 Å². The Labute approximate surface area is 113 Å². The topological polar surface area (TPSA) is 50.9 Å². The first-order chi connectivity index (χ1) is 9.17. The van der Waals surface area contributed by atoms with Gasteiger partial charge in [-0.2, -0.15) is 13.2 Å². The van der Waals surface area contributed by atoms with Crippen molar-refractivity contribution in [3.8, 4) is 5.69 Å². The highest BCUT2D eigenvalue weighted by Gasteiger charge is 2.30. The molecule has 1 aromatic heterocycles. The second-order valence-corrected chi connectivity index (χ2v) is 5.17. The van der Waals surface area contributed by atoms with Gasteiger partial charge in [0.2, 0.25) is 0 Å². The Balaban J connectivity index is 2.31. The van der Waals surface area contributed by atoms with Gasteiger partial charge in [0.25, 0.3) is 0 Å². The Morgan fingerprint density at radius 3 is 2.25 bits per heavy atom. The number of nitrogens with zero attached hydrogens (tertiary/aromatic N) is 3. The lowest BCUT2D eigenvalue weighted by Crippen LogP contribution is -2.23. The number of alkyl halides is 3. The number of halogens is 3. The summed E-state index contributed by atoms with van der Waals surface area (Å²) in [6.07, 6.45) is -2.59. The van der Waals surface area contributed by atoms with Gasteiger partial charge in [0.15, 0.2) is 0 Å². The highest BCUT2D eigenvalue weighted by Crippen LogP contribution is 2.29. The van der Waals surface area contributed by atoms with E-state index < -0.39 is 17.3 Å². The van der Waals surface area contributed by atoms with E-state index in [0.29, 0.717) is 17.8 Å². The van der Waals surface area contributed by atoms with Gasteiger partial charge >= 0.3 is 6.18 Å². The summed E-state index contributed by atoms with van der Waals surface area (Å²) in [5, 5.41) is 17.4. The van der Waals surface area contributed by atoms with E-state index in [1.807, 2.05) is 0 Å². The third kappa shape index (κ3) is 3.36. The first kappa shape index (κ1) is 14.5. The molecule has 0 fully saturated rings. The lowest BCUT2D eigenvalue weighted by molar-refractivity contribution is -0.137. The molecule has 0 aliphatic carbocycles. The monoisotopic (exact) mass is 285 g/mol. The number of hydrogen-bond acceptors (Lipinski definition) is 3. The Morgan fingerprint density at radius 1 is 1.15 bits per heavy atom. The summed E-state index contributed by atoms with van der Waals surface area (Å²) in [6, 6.07) is 4.63. The summed E-state index contributed by atoms with van der Waals surface area (Å²) in [6.45, 7) is 3.27.